The second-order valence-electron chi connectivity index (χ2n) is 19.5. The number of hydrogen-bond acceptors (Lipinski definition) is 6. The number of rotatable bonds is 53. The second kappa shape index (κ2) is 60.4. The standard InChI is InChI=1S/C67H110O6/c1-4-7-10-13-16-19-22-25-28-31-33-36-39-42-45-48-51-54-57-60-66(69)72-63-64(62-71-65(68)59-56-53-50-47-44-41-38-35-30-27-24-21-18-15-12-9-6-3)73-67(70)61-58-55-52-49-46-43-40-37-34-32-29-26-23-20-17-14-11-8-5-2/h9,12,16-21,25-30,34,37-38,41,43,46,64H,4-8,10-11,13-15,22-24,31-33,35-36,39-40,42,44-45,47-63H2,1-3H3/b12-9-,19-16-,20-17-,21-18-,28-25-,29-26-,30-27-,37-34-,41-38-,46-43-/t64-/m1/s1. The van der Waals surface area contributed by atoms with Crippen molar-refractivity contribution < 1.29 is 28.6 Å². The first-order chi connectivity index (χ1) is 36.0. The summed E-state index contributed by atoms with van der Waals surface area (Å²) in [5, 5.41) is 0. The third-order valence-corrected chi connectivity index (χ3v) is 12.4. The van der Waals surface area contributed by atoms with Crippen molar-refractivity contribution >= 4 is 17.9 Å². The van der Waals surface area contributed by atoms with Gasteiger partial charge in [0, 0.05) is 19.3 Å². The number of carbonyl (C=O) groups excluding carboxylic acids is 3. The third-order valence-electron chi connectivity index (χ3n) is 12.4. The molecular weight excluding hydrogens is 901 g/mol. The Morgan fingerprint density at radius 1 is 0.288 bits per heavy atom. The Bertz CT molecular complexity index is 1540. The van der Waals surface area contributed by atoms with Crippen molar-refractivity contribution in [3.63, 3.8) is 0 Å². The van der Waals surface area contributed by atoms with Gasteiger partial charge in [-0.25, -0.2) is 0 Å². The van der Waals surface area contributed by atoms with Gasteiger partial charge in [-0.15, -0.1) is 0 Å². The largest absolute Gasteiger partial charge is 0.462 e. The fourth-order valence-corrected chi connectivity index (χ4v) is 7.92. The molecule has 0 aliphatic heterocycles. The minimum Gasteiger partial charge on any atom is -0.462 e. The summed E-state index contributed by atoms with van der Waals surface area (Å²) in [6.45, 7) is 6.43. The highest BCUT2D eigenvalue weighted by molar-refractivity contribution is 5.71. The van der Waals surface area contributed by atoms with E-state index in [4.69, 9.17) is 14.2 Å². The molecule has 0 aromatic carbocycles. The zero-order valence-electron chi connectivity index (χ0n) is 47.4. The number of allylic oxidation sites excluding steroid dienone is 20. The minimum atomic E-state index is -0.812. The van der Waals surface area contributed by atoms with Crippen LogP contribution in [0.25, 0.3) is 0 Å². The molecule has 1 atom stereocenters. The maximum Gasteiger partial charge on any atom is 0.306 e. The summed E-state index contributed by atoms with van der Waals surface area (Å²) in [7, 11) is 0. The summed E-state index contributed by atoms with van der Waals surface area (Å²) >= 11 is 0. The van der Waals surface area contributed by atoms with Gasteiger partial charge < -0.3 is 14.2 Å². The van der Waals surface area contributed by atoms with E-state index < -0.39 is 6.10 Å². The van der Waals surface area contributed by atoms with Crippen molar-refractivity contribution in [2.75, 3.05) is 13.2 Å². The van der Waals surface area contributed by atoms with Gasteiger partial charge >= 0.3 is 17.9 Å². The van der Waals surface area contributed by atoms with Crippen LogP contribution < -0.4 is 0 Å². The molecule has 0 heterocycles. The number of ether oxygens (including phenoxy) is 3. The van der Waals surface area contributed by atoms with Gasteiger partial charge in [-0.05, 0) is 135 Å². The first-order valence-corrected chi connectivity index (χ1v) is 30.0. The van der Waals surface area contributed by atoms with Gasteiger partial charge in [0.25, 0.3) is 0 Å². The van der Waals surface area contributed by atoms with Crippen molar-refractivity contribution in [1.82, 2.24) is 0 Å². The van der Waals surface area contributed by atoms with E-state index in [1.54, 1.807) is 0 Å². The predicted molar refractivity (Wildman–Crippen MR) is 316 cm³/mol. The molecule has 0 aliphatic carbocycles. The molecule has 6 heteroatoms. The van der Waals surface area contributed by atoms with Crippen molar-refractivity contribution in [2.24, 2.45) is 0 Å². The lowest BCUT2D eigenvalue weighted by Gasteiger charge is -2.18. The predicted octanol–water partition coefficient (Wildman–Crippen LogP) is 20.4. The maximum absolute atomic E-state index is 12.9. The maximum atomic E-state index is 12.9. The highest BCUT2D eigenvalue weighted by Gasteiger charge is 2.19. The molecule has 0 aliphatic rings. The van der Waals surface area contributed by atoms with Crippen molar-refractivity contribution in [3.8, 4) is 0 Å². The fourth-order valence-electron chi connectivity index (χ4n) is 7.92. The fraction of sp³-hybridized carbons (Fsp3) is 0.657. The van der Waals surface area contributed by atoms with Crippen LogP contribution in [0, 0.1) is 0 Å². The molecule has 0 saturated carbocycles. The van der Waals surface area contributed by atoms with E-state index >= 15 is 0 Å². The molecule has 414 valence electrons. The summed E-state index contributed by atoms with van der Waals surface area (Å²) in [4.78, 5) is 38.3. The monoisotopic (exact) mass is 1010 g/mol. The van der Waals surface area contributed by atoms with E-state index in [1.807, 2.05) is 0 Å². The molecule has 0 bridgehead atoms. The van der Waals surface area contributed by atoms with Crippen LogP contribution in [0.4, 0.5) is 0 Å². The van der Waals surface area contributed by atoms with Crippen LogP contribution in [0.1, 0.15) is 265 Å². The van der Waals surface area contributed by atoms with Gasteiger partial charge in [-0.3, -0.25) is 14.4 Å². The molecule has 0 unspecified atom stereocenters. The van der Waals surface area contributed by atoms with E-state index in [9.17, 15) is 14.4 Å². The lowest BCUT2D eigenvalue weighted by Crippen LogP contribution is -2.30. The Kier molecular flexibility index (Phi) is 56.9. The lowest BCUT2D eigenvalue weighted by atomic mass is 10.1. The van der Waals surface area contributed by atoms with E-state index in [0.29, 0.717) is 12.8 Å². The van der Waals surface area contributed by atoms with Gasteiger partial charge in [-0.2, -0.15) is 0 Å². The summed E-state index contributed by atoms with van der Waals surface area (Å²) in [6.07, 6.45) is 83.3. The zero-order chi connectivity index (χ0) is 52.9. The average molecular weight is 1010 g/mol. The van der Waals surface area contributed by atoms with Crippen LogP contribution in [-0.4, -0.2) is 37.2 Å². The van der Waals surface area contributed by atoms with Crippen LogP contribution >= 0.6 is 0 Å². The van der Waals surface area contributed by atoms with Crippen LogP contribution in [0.3, 0.4) is 0 Å². The number of esters is 3. The first kappa shape index (κ1) is 68.8. The Morgan fingerprint density at radius 2 is 0.534 bits per heavy atom. The van der Waals surface area contributed by atoms with Gasteiger partial charge in [0.2, 0.25) is 0 Å². The Morgan fingerprint density at radius 3 is 0.849 bits per heavy atom. The molecule has 0 radical (unpaired) electrons. The molecule has 0 aromatic heterocycles. The number of unbranched alkanes of at least 4 members (excludes halogenated alkanes) is 22. The molecule has 0 rings (SSSR count). The molecule has 73 heavy (non-hydrogen) atoms. The number of carbonyl (C=O) groups is 3. The molecule has 0 saturated heterocycles. The Labute approximate surface area is 450 Å². The number of hydrogen-bond donors (Lipinski definition) is 0. The van der Waals surface area contributed by atoms with E-state index in [-0.39, 0.29) is 37.5 Å². The quantitative estimate of drug-likeness (QED) is 0.0261. The van der Waals surface area contributed by atoms with Crippen molar-refractivity contribution in [3.05, 3.63) is 122 Å². The second-order valence-corrected chi connectivity index (χ2v) is 19.5. The van der Waals surface area contributed by atoms with Crippen LogP contribution in [0.2, 0.25) is 0 Å². The highest BCUT2D eigenvalue weighted by atomic mass is 16.6. The molecule has 0 spiro atoms. The first-order valence-electron chi connectivity index (χ1n) is 30.0. The highest BCUT2D eigenvalue weighted by Crippen LogP contribution is 2.14. The summed E-state index contributed by atoms with van der Waals surface area (Å²) in [6, 6.07) is 0. The van der Waals surface area contributed by atoms with Crippen LogP contribution in [-0.2, 0) is 28.6 Å². The van der Waals surface area contributed by atoms with Gasteiger partial charge in [0.1, 0.15) is 13.2 Å². The van der Waals surface area contributed by atoms with Gasteiger partial charge in [0.05, 0.1) is 0 Å². The molecule has 0 N–H and O–H groups in total. The van der Waals surface area contributed by atoms with Crippen molar-refractivity contribution in [1.29, 1.82) is 0 Å². The van der Waals surface area contributed by atoms with Gasteiger partial charge in [0.15, 0.2) is 6.10 Å². The third kappa shape index (κ3) is 58.6. The molecule has 0 fully saturated rings. The topological polar surface area (TPSA) is 78.9 Å². The van der Waals surface area contributed by atoms with Gasteiger partial charge in [-0.1, -0.05) is 232 Å². The molecule has 0 amide bonds. The van der Waals surface area contributed by atoms with Crippen LogP contribution in [0.15, 0.2) is 122 Å². The van der Waals surface area contributed by atoms with Crippen molar-refractivity contribution in [2.45, 2.75) is 271 Å². The lowest BCUT2D eigenvalue weighted by molar-refractivity contribution is -0.167. The SMILES string of the molecule is CC/C=C\C/C=C\C/C=C\C/C=C\CCCCCCC(=O)OC[C@H](COC(=O)CCCCCCCCCCC/C=C\C/C=C\CCCCC)OC(=O)CCCCC/C=C\C/C=C\C/C=C\C/C=C\CCCCC. The summed E-state index contributed by atoms with van der Waals surface area (Å²) in [5.41, 5.74) is 0. The molecule has 0 aromatic rings. The van der Waals surface area contributed by atoms with E-state index in [1.165, 1.54) is 96.3 Å². The Hall–Kier alpha value is -4.19. The van der Waals surface area contributed by atoms with E-state index in [0.717, 1.165) is 128 Å². The summed E-state index contributed by atoms with van der Waals surface area (Å²) in [5.74, 6) is -0.963. The molecular formula is C67H110O6. The summed E-state index contributed by atoms with van der Waals surface area (Å²) < 4.78 is 16.9. The normalized spacial score (nSPS) is 13.0. The Balaban J connectivity index is 4.51. The minimum absolute atomic E-state index is 0.104. The zero-order valence-corrected chi connectivity index (χ0v) is 47.4. The molecule has 6 nitrogen and oxygen atoms in total. The van der Waals surface area contributed by atoms with Crippen LogP contribution in [0.5, 0.6) is 0 Å². The van der Waals surface area contributed by atoms with E-state index in [2.05, 4.69) is 142 Å². The smallest absolute Gasteiger partial charge is 0.306 e. The average Bonchev–Trinajstić information content (AvgIpc) is 3.39.